The minimum atomic E-state index is -1.17. The molecule has 0 aliphatic heterocycles. The zero-order valence-corrected chi connectivity index (χ0v) is 18.8. The number of hydrogen-bond donors (Lipinski definition) is 1. The molecule has 1 atom stereocenters. The SMILES string of the molecule is COc1cccc(F)c1-n1nnn(C(=O)N(C2=CC(C(=O)O)=CCC2(C)OC)C(C)C)c1=O. The summed E-state index contributed by atoms with van der Waals surface area (Å²) in [5, 5.41) is 16.7. The van der Waals surface area contributed by atoms with Gasteiger partial charge in [-0.25, -0.2) is 18.8 Å². The fourth-order valence-electron chi connectivity index (χ4n) is 3.51. The highest BCUT2D eigenvalue weighted by Crippen LogP contribution is 2.35. The first-order chi connectivity index (χ1) is 15.6. The molecule has 176 valence electrons. The maximum Gasteiger partial charge on any atom is 0.377 e. The van der Waals surface area contributed by atoms with Crippen molar-refractivity contribution in [3.05, 3.63) is 57.9 Å². The average Bonchev–Trinajstić information content (AvgIpc) is 3.15. The molecule has 3 rings (SSSR count). The lowest BCUT2D eigenvalue weighted by molar-refractivity contribution is -0.132. The van der Waals surface area contributed by atoms with E-state index in [-0.39, 0.29) is 29.1 Å². The number of para-hydroxylation sites is 1. The van der Waals surface area contributed by atoms with E-state index < -0.39 is 35.2 Å². The zero-order valence-electron chi connectivity index (χ0n) is 18.8. The highest BCUT2D eigenvalue weighted by Gasteiger charge is 2.40. The Bertz CT molecular complexity index is 1210. The summed E-state index contributed by atoms with van der Waals surface area (Å²) in [5.41, 5.74) is -2.17. The number of methoxy groups -OCH3 is 2. The molecule has 1 aliphatic rings. The van der Waals surface area contributed by atoms with E-state index in [1.165, 1.54) is 43.4 Å². The maximum atomic E-state index is 14.5. The van der Waals surface area contributed by atoms with Gasteiger partial charge in [-0.3, -0.25) is 4.90 Å². The number of carbonyl (C=O) groups excluding carboxylic acids is 1. The summed E-state index contributed by atoms with van der Waals surface area (Å²) in [4.78, 5) is 39.2. The lowest BCUT2D eigenvalue weighted by atomic mass is 9.88. The number of carboxylic acid groups (broad SMARTS) is 1. The Hall–Kier alpha value is -3.80. The number of benzene rings is 1. The predicted octanol–water partition coefficient (Wildman–Crippen LogP) is 1.96. The predicted molar refractivity (Wildman–Crippen MR) is 114 cm³/mol. The van der Waals surface area contributed by atoms with E-state index in [1.54, 1.807) is 20.8 Å². The van der Waals surface area contributed by atoms with Gasteiger partial charge in [0.05, 0.1) is 18.4 Å². The number of ether oxygens (including phenoxy) is 2. The Morgan fingerprint density at radius 1 is 1.27 bits per heavy atom. The largest absolute Gasteiger partial charge is 0.494 e. The Kier molecular flexibility index (Phi) is 6.49. The smallest absolute Gasteiger partial charge is 0.377 e. The standard InChI is InChI=1S/C21H24FN5O6/c1-12(2)25(16-11-13(18(28)29)9-10-21(16,3)33-5)19(30)27-20(31)26(23-24-27)17-14(22)7-6-8-15(17)32-4/h6-9,11-12H,10H2,1-5H3,(H,28,29). The van der Waals surface area contributed by atoms with Crippen LogP contribution in [0.3, 0.4) is 0 Å². The minimum absolute atomic E-state index is 0.0231. The van der Waals surface area contributed by atoms with Crippen molar-refractivity contribution in [1.29, 1.82) is 0 Å². The van der Waals surface area contributed by atoms with Crippen LogP contribution in [0.15, 0.2) is 46.4 Å². The maximum absolute atomic E-state index is 14.5. The number of rotatable bonds is 6. The van der Waals surface area contributed by atoms with Crippen molar-refractivity contribution in [3.8, 4) is 11.4 Å². The van der Waals surface area contributed by atoms with Crippen LogP contribution in [0.1, 0.15) is 27.2 Å². The number of carboxylic acids is 1. The van der Waals surface area contributed by atoms with Gasteiger partial charge in [0, 0.05) is 19.6 Å². The van der Waals surface area contributed by atoms with Gasteiger partial charge in [0.15, 0.2) is 5.82 Å². The van der Waals surface area contributed by atoms with Crippen LogP contribution in [-0.2, 0) is 9.53 Å². The van der Waals surface area contributed by atoms with Crippen LogP contribution < -0.4 is 10.4 Å². The second-order valence-electron chi connectivity index (χ2n) is 7.76. The molecule has 0 fully saturated rings. The molecule has 1 heterocycles. The topological polar surface area (TPSA) is 129 Å². The van der Waals surface area contributed by atoms with E-state index >= 15 is 0 Å². The number of tetrazole rings is 1. The van der Waals surface area contributed by atoms with Crippen LogP contribution >= 0.6 is 0 Å². The molecule has 1 amide bonds. The van der Waals surface area contributed by atoms with E-state index in [2.05, 4.69) is 10.4 Å². The van der Waals surface area contributed by atoms with Crippen molar-refractivity contribution in [2.24, 2.45) is 0 Å². The van der Waals surface area contributed by atoms with E-state index in [0.29, 0.717) is 9.36 Å². The Labute approximate surface area is 188 Å². The Morgan fingerprint density at radius 2 is 1.97 bits per heavy atom. The highest BCUT2D eigenvalue weighted by atomic mass is 19.1. The summed E-state index contributed by atoms with van der Waals surface area (Å²) in [6, 6.07) is 2.52. The summed E-state index contributed by atoms with van der Waals surface area (Å²) in [6.45, 7) is 5.06. The molecule has 1 unspecified atom stereocenters. The van der Waals surface area contributed by atoms with Crippen LogP contribution in [0.25, 0.3) is 5.69 Å². The third-order valence-corrected chi connectivity index (χ3v) is 5.37. The van der Waals surface area contributed by atoms with Gasteiger partial charge < -0.3 is 14.6 Å². The molecule has 0 saturated heterocycles. The molecule has 0 saturated carbocycles. The van der Waals surface area contributed by atoms with Crippen molar-refractivity contribution in [2.75, 3.05) is 14.2 Å². The van der Waals surface area contributed by atoms with Gasteiger partial charge in [0.2, 0.25) is 0 Å². The average molecular weight is 461 g/mol. The van der Waals surface area contributed by atoms with Gasteiger partial charge in [0.1, 0.15) is 17.0 Å². The Morgan fingerprint density at radius 3 is 2.55 bits per heavy atom. The van der Waals surface area contributed by atoms with Crippen LogP contribution in [0.2, 0.25) is 0 Å². The second kappa shape index (κ2) is 8.98. The van der Waals surface area contributed by atoms with Gasteiger partial charge in [-0.15, -0.1) is 4.68 Å². The third-order valence-electron chi connectivity index (χ3n) is 5.37. The number of aromatic nitrogens is 4. The van der Waals surface area contributed by atoms with Crippen molar-refractivity contribution >= 4 is 12.0 Å². The minimum Gasteiger partial charge on any atom is -0.494 e. The fraction of sp³-hybridized carbons (Fsp3) is 0.381. The third kappa shape index (κ3) is 4.16. The van der Waals surface area contributed by atoms with Crippen LogP contribution in [-0.4, -0.2) is 67.7 Å². The van der Waals surface area contributed by atoms with Gasteiger partial charge in [0.25, 0.3) is 0 Å². The number of halogens is 1. The molecular formula is C21H24FN5O6. The van der Waals surface area contributed by atoms with E-state index in [9.17, 15) is 23.9 Å². The number of aliphatic carboxylic acids is 1. The molecule has 1 aliphatic carbocycles. The first-order valence-electron chi connectivity index (χ1n) is 9.98. The summed E-state index contributed by atoms with van der Waals surface area (Å²) in [6.07, 6.45) is 3.00. The number of nitrogens with zero attached hydrogens (tertiary/aromatic N) is 5. The highest BCUT2D eigenvalue weighted by molar-refractivity contribution is 5.91. The molecule has 12 heteroatoms. The molecule has 1 aromatic carbocycles. The molecule has 0 spiro atoms. The normalized spacial score (nSPS) is 18.0. The van der Waals surface area contributed by atoms with E-state index in [0.717, 1.165) is 6.07 Å². The van der Waals surface area contributed by atoms with Gasteiger partial charge in [-0.05, 0) is 49.4 Å². The molecular weight excluding hydrogens is 437 g/mol. The monoisotopic (exact) mass is 461 g/mol. The molecule has 33 heavy (non-hydrogen) atoms. The van der Waals surface area contributed by atoms with E-state index in [4.69, 9.17) is 9.47 Å². The summed E-state index contributed by atoms with van der Waals surface area (Å²) < 4.78 is 26.2. The van der Waals surface area contributed by atoms with Gasteiger partial charge >= 0.3 is 17.7 Å². The summed E-state index contributed by atoms with van der Waals surface area (Å²) in [5.74, 6) is -1.94. The van der Waals surface area contributed by atoms with Crippen molar-refractivity contribution < 1.29 is 28.6 Å². The molecule has 1 N–H and O–H groups in total. The summed E-state index contributed by atoms with van der Waals surface area (Å²) in [7, 11) is 2.73. The number of amides is 1. The molecule has 0 radical (unpaired) electrons. The fourth-order valence-corrected chi connectivity index (χ4v) is 3.51. The van der Waals surface area contributed by atoms with Gasteiger partial charge in [-0.2, -0.15) is 4.68 Å². The van der Waals surface area contributed by atoms with Gasteiger partial charge in [-0.1, -0.05) is 12.1 Å². The molecule has 11 nitrogen and oxygen atoms in total. The van der Waals surface area contributed by atoms with Crippen molar-refractivity contribution in [2.45, 2.75) is 38.8 Å². The first kappa shape index (κ1) is 23.9. The van der Waals surface area contributed by atoms with Crippen LogP contribution in [0, 0.1) is 5.82 Å². The van der Waals surface area contributed by atoms with Crippen molar-refractivity contribution in [3.63, 3.8) is 0 Å². The molecule has 1 aromatic heterocycles. The van der Waals surface area contributed by atoms with E-state index in [1.807, 2.05) is 0 Å². The Balaban J connectivity index is 2.13. The van der Waals surface area contributed by atoms with Crippen LogP contribution in [0.4, 0.5) is 9.18 Å². The summed E-state index contributed by atoms with van der Waals surface area (Å²) >= 11 is 0. The van der Waals surface area contributed by atoms with Crippen molar-refractivity contribution in [1.82, 2.24) is 24.7 Å². The number of carbonyl (C=O) groups is 2. The number of hydrogen-bond acceptors (Lipinski definition) is 7. The molecule has 2 aromatic rings. The zero-order chi connectivity index (χ0) is 24.5. The lowest BCUT2D eigenvalue weighted by Crippen LogP contribution is -2.50. The molecule has 0 bridgehead atoms. The quantitative estimate of drug-likeness (QED) is 0.647. The van der Waals surface area contributed by atoms with Crippen LogP contribution in [0.5, 0.6) is 5.75 Å². The second-order valence-corrected chi connectivity index (χ2v) is 7.76. The first-order valence-corrected chi connectivity index (χ1v) is 9.98. The lowest BCUT2D eigenvalue weighted by Gasteiger charge is -2.40.